The predicted octanol–water partition coefficient (Wildman–Crippen LogP) is 4.20. The maximum atomic E-state index is 3.42. The molecule has 1 N–H and O–H groups in total. The van der Waals surface area contributed by atoms with Gasteiger partial charge >= 0.3 is 0 Å². The Balaban J connectivity index is 1.60. The lowest BCUT2D eigenvalue weighted by Gasteiger charge is -2.27. The maximum Gasteiger partial charge on any atom is -0.00202 e. The van der Waals surface area contributed by atoms with Gasteiger partial charge in [-0.1, -0.05) is 36.2 Å². The van der Waals surface area contributed by atoms with Crippen molar-refractivity contribution in [1.29, 1.82) is 0 Å². The molecule has 0 radical (unpaired) electrons. The number of hydrogen-bond acceptors (Lipinski definition) is 1. The fourth-order valence-electron chi connectivity index (χ4n) is 4.79. The zero-order chi connectivity index (χ0) is 13.9. The third-order valence-corrected chi connectivity index (χ3v) is 5.62. The van der Waals surface area contributed by atoms with E-state index in [4.69, 9.17) is 0 Å². The largest absolute Gasteiger partial charge is 0.319 e. The van der Waals surface area contributed by atoms with Crippen LogP contribution in [0, 0.1) is 30.6 Å². The summed E-state index contributed by atoms with van der Waals surface area (Å²) in [4.78, 5) is 0. The minimum Gasteiger partial charge on any atom is -0.319 e. The first kappa shape index (κ1) is 14.1. The van der Waals surface area contributed by atoms with Crippen molar-refractivity contribution in [2.45, 2.75) is 45.4 Å². The molecule has 110 valence electrons. The summed E-state index contributed by atoms with van der Waals surface area (Å²) in [5.41, 5.74) is 2.92. The van der Waals surface area contributed by atoms with E-state index in [0.717, 1.165) is 23.7 Å². The van der Waals surface area contributed by atoms with Gasteiger partial charge < -0.3 is 5.32 Å². The molecule has 1 nitrogen and oxygen atoms in total. The zero-order valence-electron chi connectivity index (χ0n) is 13.1. The number of rotatable bonds is 6. The van der Waals surface area contributed by atoms with Crippen LogP contribution in [0.1, 0.15) is 43.2 Å². The van der Waals surface area contributed by atoms with Gasteiger partial charge in [0.05, 0.1) is 0 Å². The van der Waals surface area contributed by atoms with Crippen molar-refractivity contribution in [2.75, 3.05) is 13.6 Å². The van der Waals surface area contributed by atoms with Gasteiger partial charge in [0.2, 0.25) is 0 Å². The molecule has 0 spiro atoms. The molecule has 4 atom stereocenters. The molecule has 3 rings (SSSR count). The molecular weight excluding hydrogens is 242 g/mol. The Bertz CT molecular complexity index is 439. The van der Waals surface area contributed by atoms with E-state index in [1.807, 2.05) is 0 Å². The molecule has 0 heterocycles. The smallest absolute Gasteiger partial charge is 0.00202 e. The zero-order valence-corrected chi connectivity index (χ0v) is 13.1. The van der Waals surface area contributed by atoms with Crippen LogP contribution in [0.15, 0.2) is 24.3 Å². The monoisotopic (exact) mass is 271 g/mol. The summed E-state index contributed by atoms with van der Waals surface area (Å²) in [7, 11) is 2.10. The summed E-state index contributed by atoms with van der Waals surface area (Å²) >= 11 is 0. The molecule has 20 heavy (non-hydrogen) atoms. The summed E-state index contributed by atoms with van der Waals surface area (Å²) in [6, 6.07) is 9.07. The first-order valence-electron chi connectivity index (χ1n) is 8.44. The van der Waals surface area contributed by atoms with Gasteiger partial charge in [0.25, 0.3) is 0 Å². The highest BCUT2D eigenvalue weighted by Crippen LogP contribution is 2.50. The maximum absolute atomic E-state index is 3.42. The molecule has 0 saturated heterocycles. The van der Waals surface area contributed by atoms with Crippen molar-refractivity contribution in [1.82, 2.24) is 5.32 Å². The number of benzene rings is 1. The van der Waals surface area contributed by atoms with Gasteiger partial charge in [-0.25, -0.2) is 0 Å². The summed E-state index contributed by atoms with van der Waals surface area (Å²) in [6.45, 7) is 3.37. The normalized spacial score (nSPS) is 29.8. The fraction of sp³-hybridized carbons (Fsp3) is 0.684. The highest BCUT2D eigenvalue weighted by molar-refractivity contribution is 5.22. The average Bonchev–Trinajstić information content (AvgIpc) is 3.01. The SMILES string of the molecule is CNCC(Cc1cccc(C)c1)CC1CC2CCC1C2. The summed E-state index contributed by atoms with van der Waals surface area (Å²) < 4.78 is 0. The van der Waals surface area contributed by atoms with Crippen molar-refractivity contribution < 1.29 is 0 Å². The van der Waals surface area contributed by atoms with Crippen LogP contribution < -0.4 is 5.32 Å². The average molecular weight is 271 g/mol. The topological polar surface area (TPSA) is 12.0 Å². The lowest BCUT2D eigenvalue weighted by Crippen LogP contribution is -2.25. The van der Waals surface area contributed by atoms with Crippen LogP contribution >= 0.6 is 0 Å². The molecule has 2 bridgehead atoms. The minimum absolute atomic E-state index is 0.811. The molecular formula is C19H29N. The lowest BCUT2D eigenvalue weighted by atomic mass is 9.80. The summed E-state index contributed by atoms with van der Waals surface area (Å²) in [5, 5.41) is 3.42. The minimum atomic E-state index is 0.811. The highest BCUT2D eigenvalue weighted by Gasteiger charge is 2.39. The molecule has 2 aliphatic carbocycles. The van der Waals surface area contributed by atoms with E-state index < -0.39 is 0 Å². The van der Waals surface area contributed by atoms with Gasteiger partial charge in [-0.2, -0.15) is 0 Å². The first-order chi connectivity index (χ1) is 9.74. The van der Waals surface area contributed by atoms with Gasteiger partial charge in [0, 0.05) is 0 Å². The van der Waals surface area contributed by atoms with E-state index in [0.29, 0.717) is 0 Å². The van der Waals surface area contributed by atoms with Gasteiger partial charge in [-0.3, -0.25) is 0 Å². The molecule has 4 unspecified atom stereocenters. The van der Waals surface area contributed by atoms with Crippen LogP contribution in [0.5, 0.6) is 0 Å². The third kappa shape index (κ3) is 3.25. The highest BCUT2D eigenvalue weighted by atomic mass is 14.8. The first-order valence-corrected chi connectivity index (χ1v) is 8.44. The van der Waals surface area contributed by atoms with Gasteiger partial charge in [-0.05, 0) is 81.9 Å². The fourth-order valence-corrected chi connectivity index (χ4v) is 4.79. The van der Waals surface area contributed by atoms with Gasteiger partial charge in [0.1, 0.15) is 0 Å². The molecule has 2 fully saturated rings. The van der Waals surface area contributed by atoms with Crippen LogP contribution in [0.25, 0.3) is 0 Å². The quantitative estimate of drug-likeness (QED) is 0.817. The second-order valence-electron chi connectivity index (χ2n) is 7.29. The van der Waals surface area contributed by atoms with Crippen molar-refractivity contribution in [2.24, 2.45) is 23.7 Å². The number of hydrogen-bond donors (Lipinski definition) is 1. The Morgan fingerprint density at radius 3 is 2.80 bits per heavy atom. The molecule has 1 heteroatoms. The standard InChI is InChI=1S/C19H29N/c1-14-4-3-5-15(8-14)9-17(13-20-2)12-19-11-16-6-7-18(19)10-16/h3-5,8,16-20H,6-7,9-13H2,1-2H3. The van der Waals surface area contributed by atoms with Crippen LogP contribution in [-0.2, 0) is 6.42 Å². The van der Waals surface area contributed by atoms with Gasteiger partial charge in [-0.15, -0.1) is 0 Å². The molecule has 1 aromatic rings. The Hall–Kier alpha value is -0.820. The van der Waals surface area contributed by atoms with E-state index >= 15 is 0 Å². The molecule has 0 aliphatic heterocycles. The van der Waals surface area contributed by atoms with Crippen molar-refractivity contribution in [3.63, 3.8) is 0 Å². The van der Waals surface area contributed by atoms with E-state index in [9.17, 15) is 0 Å². The van der Waals surface area contributed by atoms with Crippen LogP contribution in [-0.4, -0.2) is 13.6 Å². The number of nitrogens with one attached hydrogen (secondary N) is 1. The Kier molecular flexibility index (Phi) is 4.45. The van der Waals surface area contributed by atoms with Crippen LogP contribution in [0.4, 0.5) is 0 Å². The van der Waals surface area contributed by atoms with Crippen molar-refractivity contribution in [3.8, 4) is 0 Å². The summed E-state index contributed by atoms with van der Waals surface area (Å²) in [5.74, 6) is 3.99. The number of aryl methyl sites for hydroxylation is 1. The summed E-state index contributed by atoms with van der Waals surface area (Å²) in [6.07, 6.45) is 8.80. The Morgan fingerprint density at radius 2 is 2.15 bits per heavy atom. The lowest BCUT2D eigenvalue weighted by molar-refractivity contribution is 0.263. The predicted molar refractivity (Wildman–Crippen MR) is 85.9 cm³/mol. The molecule has 1 aromatic carbocycles. The molecule has 2 aliphatic rings. The van der Waals surface area contributed by atoms with E-state index in [-0.39, 0.29) is 0 Å². The molecule has 0 aromatic heterocycles. The Morgan fingerprint density at radius 1 is 1.25 bits per heavy atom. The van der Waals surface area contributed by atoms with Crippen molar-refractivity contribution >= 4 is 0 Å². The second-order valence-corrected chi connectivity index (χ2v) is 7.29. The van der Waals surface area contributed by atoms with Crippen LogP contribution in [0.2, 0.25) is 0 Å². The second kappa shape index (κ2) is 6.30. The van der Waals surface area contributed by atoms with E-state index in [1.165, 1.54) is 49.8 Å². The van der Waals surface area contributed by atoms with Gasteiger partial charge in [0.15, 0.2) is 0 Å². The number of fused-ring (bicyclic) bond motifs is 2. The van der Waals surface area contributed by atoms with Crippen molar-refractivity contribution in [3.05, 3.63) is 35.4 Å². The Labute approximate surface area is 124 Å². The molecule has 2 saturated carbocycles. The third-order valence-electron chi connectivity index (χ3n) is 5.62. The van der Waals surface area contributed by atoms with E-state index in [2.05, 4.69) is 43.6 Å². The van der Waals surface area contributed by atoms with E-state index in [1.54, 1.807) is 6.42 Å². The van der Waals surface area contributed by atoms with Crippen LogP contribution in [0.3, 0.4) is 0 Å². The molecule has 0 amide bonds.